The highest BCUT2D eigenvalue weighted by Crippen LogP contribution is 2.24. The maximum absolute atomic E-state index is 13.5. The number of rotatable bonds is 6. The highest BCUT2D eigenvalue weighted by molar-refractivity contribution is 6.02. The third kappa shape index (κ3) is 3.90. The Morgan fingerprint density at radius 1 is 1.23 bits per heavy atom. The Balaban J connectivity index is 0.00000243. The van der Waals surface area contributed by atoms with Crippen molar-refractivity contribution in [1.82, 2.24) is 26.4 Å². The lowest BCUT2D eigenvalue weighted by Gasteiger charge is -2.20. The molecule has 9 heteroatoms. The fourth-order valence-corrected chi connectivity index (χ4v) is 2.59. The zero-order valence-electron chi connectivity index (χ0n) is 14.1. The summed E-state index contributed by atoms with van der Waals surface area (Å²) in [6.45, 7) is 0.508. The van der Waals surface area contributed by atoms with E-state index in [1.165, 1.54) is 30.7 Å². The number of nitrogens with zero attached hydrogens (tertiary/aromatic N) is 3. The predicted octanol–water partition coefficient (Wildman–Crippen LogP) is 2.40. The summed E-state index contributed by atoms with van der Waals surface area (Å²) in [7, 11) is 1.78. The molecule has 1 atom stereocenters. The zero-order valence-corrected chi connectivity index (χ0v) is 14.1. The zero-order chi connectivity index (χ0) is 17.8. The van der Waals surface area contributed by atoms with Gasteiger partial charge in [0.05, 0.1) is 11.6 Å². The summed E-state index contributed by atoms with van der Waals surface area (Å²) in [5.74, 6) is -1.04. The van der Waals surface area contributed by atoms with E-state index in [9.17, 15) is 14.3 Å². The number of halogens is 1. The van der Waals surface area contributed by atoms with E-state index in [2.05, 4.69) is 25.6 Å². The number of carbonyl (C=O) groups is 1. The number of likely N-dealkylation sites (N-methyl/N-ethyl adjacent to an activating group) is 1. The molecule has 3 aromatic rings. The molecule has 8 nitrogen and oxygen atoms in total. The molecule has 0 fully saturated rings. The van der Waals surface area contributed by atoms with Crippen molar-refractivity contribution in [1.29, 1.82) is 0 Å². The van der Waals surface area contributed by atoms with Crippen molar-refractivity contribution in [2.45, 2.75) is 6.04 Å². The second kappa shape index (κ2) is 8.28. The number of hydrogen-bond acceptors (Lipinski definition) is 7. The summed E-state index contributed by atoms with van der Waals surface area (Å²) < 4.78 is 13.5. The topological polar surface area (TPSA) is 135 Å². The second-order valence-electron chi connectivity index (χ2n) is 5.39. The van der Waals surface area contributed by atoms with Crippen LogP contribution in [0, 0.1) is 5.82 Å². The molecule has 0 spiro atoms. The van der Waals surface area contributed by atoms with Crippen LogP contribution in [-0.4, -0.2) is 39.6 Å². The molecule has 0 unspecified atom stereocenters. The minimum atomic E-state index is -1.09. The van der Waals surface area contributed by atoms with Gasteiger partial charge in [-0.2, -0.15) is 0 Å². The quantitative estimate of drug-likeness (QED) is 0.527. The third-order valence-electron chi connectivity index (χ3n) is 3.72. The van der Waals surface area contributed by atoms with E-state index in [1.54, 1.807) is 19.2 Å². The van der Waals surface area contributed by atoms with Crippen LogP contribution in [0.2, 0.25) is 0 Å². The van der Waals surface area contributed by atoms with E-state index in [-0.39, 0.29) is 29.1 Å². The van der Waals surface area contributed by atoms with Gasteiger partial charge in [0.15, 0.2) is 5.82 Å². The normalized spacial score (nSPS) is 11.6. The second-order valence-corrected chi connectivity index (χ2v) is 5.39. The van der Waals surface area contributed by atoms with E-state index in [0.717, 1.165) is 5.56 Å². The van der Waals surface area contributed by atoms with Gasteiger partial charge in [0, 0.05) is 12.7 Å². The lowest BCUT2D eigenvalue weighted by Crippen LogP contribution is -2.24. The molecule has 1 aromatic carbocycles. The smallest absolute Gasteiger partial charge is 0.338 e. The van der Waals surface area contributed by atoms with Crippen LogP contribution < -0.4 is 16.8 Å². The lowest BCUT2D eigenvalue weighted by atomic mass is 10.1. The molecule has 2 aromatic heterocycles. The van der Waals surface area contributed by atoms with Crippen molar-refractivity contribution < 1.29 is 14.3 Å². The number of fused-ring (bicyclic) bond motifs is 1. The molecule has 0 aliphatic carbocycles. The summed E-state index contributed by atoms with van der Waals surface area (Å²) in [6, 6.07) is 7.36. The largest absolute Gasteiger partial charge is 0.478 e. The Labute approximate surface area is 149 Å². The van der Waals surface area contributed by atoms with Gasteiger partial charge in [-0.1, -0.05) is 12.1 Å². The first-order valence-corrected chi connectivity index (χ1v) is 7.59. The fourth-order valence-electron chi connectivity index (χ4n) is 2.59. The summed E-state index contributed by atoms with van der Waals surface area (Å²) in [6.07, 6.45) is 2.68. The first-order valence-electron chi connectivity index (χ1n) is 7.59. The van der Waals surface area contributed by atoms with Crippen molar-refractivity contribution >= 4 is 22.8 Å². The molecule has 0 saturated heterocycles. The van der Waals surface area contributed by atoms with E-state index in [0.29, 0.717) is 17.9 Å². The Morgan fingerprint density at radius 2 is 2.04 bits per heavy atom. The van der Waals surface area contributed by atoms with Gasteiger partial charge in [-0.15, -0.1) is 0 Å². The average molecular weight is 358 g/mol. The number of aromatic carboxylic acids is 1. The summed E-state index contributed by atoms with van der Waals surface area (Å²) in [5.41, 5.74) is 1.37. The Kier molecular flexibility index (Phi) is 6.10. The minimum absolute atomic E-state index is 0. The maximum Gasteiger partial charge on any atom is 0.338 e. The van der Waals surface area contributed by atoms with Gasteiger partial charge >= 0.3 is 5.97 Å². The van der Waals surface area contributed by atoms with Crippen molar-refractivity contribution in [3.8, 4) is 0 Å². The van der Waals surface area contributed by atoms with Crippen LogP contribution in [0.5, 0.6) is 0 Å². The van der Waals surface area contributed by atoms with Gasteiger partial charge in [-0.3, -0.25) is 4.98 Å². The van der Waals surface area contributed by atoms with E-state index in [1.807, 2.05) is 0 Å². The van der Waals surface area contributed by atoms with Crippen molar-refractivity contribution in [2.24, 2.45) is 0 Å². The molecule has 26 heavy (non-hydrogen) atoms. The Hall–Kier alpha value is -3.17. The first-order chi connectivity index (χ1) is 12.1. The third-order valence-corrected chi connectivity index (χ3v) is 3.72. The van der Waals surface area contributed by atoms with Crippen LogP contribution in [0.3, 0.4) is 0 Å². The van der Waals surface area contributed by atoms with E-state index >= 15 is 0 Å². The number of pyridine rings is 1. The van der Waals surface area contributed by atoms with Gasteiger partial charge in [-0.05, 0) is 30.8 Å². The number of nitrogens with one attached hydrogen (secondary N) is 2. The van der Waals surface area contributed by atoms with Gasteiger partial charge < -0.3 is 21.9 Å². The number of aromatic nitrogens is 3. The van der Waals surface area contributed by atoms with Crippen molar-refractivity contribution in [3.05, 3.63) is 59.8 Å². The molecule has 0 amide bonds. The molecule has 0 radical (unpaired) electrons. The first kappa shape index (κ1) is 19.2. The molecule has 136 valence electrons. The summed E-state index contributed by atoms with van der Waals surface area (Å²) >= 11 is 0. The van der Waals surface area contributed by atoms with Crippen molar-refractivity contribution in [3.63, 3.8) is 0 Å². The van der Waals surface area contributed by atoms with Crippen LogP contribution in [0.25, 0.3) is 11.0 Å². The van der Waals surface area contributed by atoms with Gasteiger partial charge in [0.1, 0.15) is 23.2 Å². The Bertz CT molecular complexity index is 921. The van der Waals surface area contributed by atoms with Gasteiger partial charge in [0.2, 0.25) is 0 Å². The molecule has 0 saturated carbocycles. The number of benzene rings is 1. The molecule has 0 aliphatic heterocycles. The highest BCUT2D eigenvalue weighted by Gasteiger charge is 2.17. The monoisotopic (exact) mass is 358 g/mol. The predicted molar refractivity (Wildman–Crippen MR) is 96.0 cm³/mol. The van der Waals surface area contributed by atoms with Crippen LogP contribution in [0.15, 0.2) is 42.9 Å². The molecule has 6 N–H and O–H groups in total. The molecular weight excluding hydrogens is 339 g/mol. The van der Waals surface area contributed by atoms with E-state index < -0.39 is 5.97 Å². The molecule has 2 heterocycles. The van der Waals surface area contributed by atoms with Gasteiger partial charge in [0.25, 0.3) is 0 Å². The Morgan fingerprint density at radius 3 is 2.73 bits per heavy atom. The molecular formula is C17H19FN6O2. The number of hydrogen-bond donors (Lipinski definition) is 4. The van der Waals surface area contributed by atoms with Crippen LogP contribution in [-0.2, 0) is 0 Å². The number of carboxylic acid groups (broad SMARTS) is 1. The molecule has 3 rings (SSSR count). The van der Waals surface area contributed by atoms with Crippen LogP contribution in [0.4, 0.5) is 10.2 Å². The molecule has 0 bridgehead atoms. The van der Waals surface area contributed by atoms with Crippen LogP contribution >= 0.6 is 0 Å². The molecule has 0 aliphatic rings. The maximum atomic E-state index is 13.5. The average Bonchev–Trinajstić information content (AvgIpc) is 2.61. The highest BCUT2D eigenvalue weighted by atomic mass is 19.1. The lowest BCUT2D eigenvalue weighted by molar-refractivity contribution is 0.0698. The minimum Gasteiger partial charge on any atom is -0.478 e. The van der Waals surface area contributed by atoms with E-state index in [4.69, 9.17) is 0 Å². The number of anilines is 1. The number of carboxylic acids is 1. The van der Waals surface area contributed by atoms with Gasteiger partial charge in [-0.25, -0.2) is 19.2 Å². The van der Waals surface area contributed by atoms with Crippen LogP contribution in [0.1, 0.15) is 22.0 Å². The SMILES string of the molecule is CNC[C@@H](Nc1ncnc2c(C(=O)O)ccnc12)c1cccc(F)c1.N. The summed E-state index contributed by atoms with van der Waals surface area (Å²) in [5, 5.41) is 15.5. The fraction of sp³-hybridized carbons (Fsp3) is 0.176. The van der Waals surface area contributed by atoms with Crippen molar-refractivity contribution in [2.75, 3.05) is 18.9 Å². The summed E-state index contributed by atoms with van der Waals surface area (Å²) in [4.78, 5) is 23.8. The standard InChI is InChI=1S/C17H16FN5O2.H3N/c1-19-8-13(10-3-2-4-11(18)7-10)23-16-15-14(21-9-22-16)12(17(24)25)5-6-20-15;/h2-7,9,13,19H,8H2,1H3,(H,24,25)(H,21,22,23);1H3/t13-;/m1./s1.